The van der Waals surface area contributed by atoms with Gasteiger partial charge in [-0.15, -0.1) is 0 Å². The maximum Gasteiger partial charge on any atom is 0.250 e. The maximum absolute atomic E-state index is 14.5. The molecule has 5 rings (SSSR count). The van der Waals surface area contributed by atoms with Gasteiger partial charge in [0.15, 0.2) is 5.78 Å². The van der Waals surface area contributed by atoms with Crippen LogP contribution in [0.5, 0.6) is 0 Å². The van der Waals surface area contributed by atoms with Crippen LogP contribution in [-0.4, -0.2) is 39.9 Å². The highest BCUT2D eigenvalue weighted by Crippen LogP contribution is 2.67. The molecule has 36 heavy (non-hydrogen) atoms. The van der Waals surface area contributed by atoms with Gasteiger partial charge in [0, 0.05) is 30.5 Å². The molecule has 0 aliphatic heterocycles. The fraction of sp³-hybridized carbons (Fsp3) is 0.393. The normalized spacial score (nSPS) is 23.2. The second kappa shape index (κ2) is 8.74. The number of ketones is 1. The molecule has 0 unspecified atom stereocenters. The Morgan fingerprint density at radius 3 is 2.69 bits per heavy atom. The number of benzene rings is 1. The Kier molecular flexibility index (Phi) is 5.82. The number of halogens is 2. The van der Waals surface area contributed by atoms with Crippen LogP contribution in [0.2, 0.25) is 0 Å². The summed E-state index contributed by atoms with van der Waals surface area (Å²) in [5, 5.41) is 18.0. The van der Waals surface area contributed by atoms with Crippen LogP contribution in [0.15, 0.2) is 48.1 Å². The third-order valence-corrected chi connectivity index (χ3v) is 8.30. The van der Waals surface area contributed by atoms with E-state index in [1.165, 1.54) is 24.3 Å². The zero-order valence-electron chi connectivity index (χ0n) is 20.2. The van der Waals surface area contributed by atoms with Crippen LogP contribution >= 0.6 is 0 Å². The number of amides is 1. The predicted octanol–water partition coefficient (Wildman–Crippen LogP) is 4.77. The van der Waals surface area contributed by atoms with E-state index in [1.807, 2.05) is 0 Å². The van der Waals surface area contributed by atoms with E-state index in [4.69, 9.17) is 0 Å². The van der Waals surface area contributed by atoms with Gasteiger partial charge >= 0.3 is 0 Å². The van der Waals surface area contributed by atoms with E-state index in [9.17, 15) is 23.6 Å². The van der Waals surface area contributed by atoms with Crippen LogP contribution in [-0.2, 0) is 15.0 Å². The van der Waals surface area contributed by atoms with Crippen molar-refractivity contribution in [2.75, 3.05) is 13.1 Å². The summed E-state index contributed by atoms with van der Waals surface area (Å²) in [7, 11) is 0. The van der Waals surface area contributed by atoms with E-state index in [0.29, 0.717) is 12.1 Å². The Hall–Kier alpha value is -3.73. The molecule has 0 spiro atoms. The zero-order chi connectivity index (χ0) is 25.7. The molecule has 2 bridgehead atoms. The molecule has 8 heteroatoms. The molecular formula is C28H26F2N4O2. The molecule has 0 saturated heterocycles. The summed E-state index contributed by atoms with van der Waals surface area (Å²) in [5.74, 6) is -1.70. The maximum atomic E-state index is 14.5. The first-order valence-corrected chi connectivity index (χ1v) is 12.1. The molecule has 1 fully saturated rings. The van der Waals surface area contributed by atoms with Crippen molar-refractivity contribution in [1.82, 2.24) is 15.1 Å². The summed E-state index contributed by atoms with van der Waals surface area (Å²) < 4.78 is 28.9. The van der Waals surface area contributed by atoms with E-state index >= 15 is 0 Å². The summed E-state index contributed by atoms with van der Waals surface area (Å²) in [6, 6.07) is 7.56. The molecule has 2 aromatic rings. The highest BCUT2D eigenvalue weighted by molar-refractivity contribution is 6.04. The van der Waals surface area contributed by atoms with Crippen LogP contribution < -0.4 is 0 Å². The van der Waals surface area contributed by atoms with E-state index in [0.717, 1.165) is 24.1 Å². The molecular weight excluding hydrogens is 462 g/mol. The molecule has 1 aromatic heterocycles. The van der Waals surface area contributed by atoms with Crippen molar-refractivity contribution in [3.8, 4) is 17.3 Å². The Morgan fingerprint density at radius 2 is 2.00 bits per heavy atom. The first-order valence-electron chi connectivity index (χ1n) is 12.1. The lowest BCUT2D eigenvalue weighted by atomic mass is 9.68. The van der Waals surface area contributed by atoms with E-state index in [2.05, 4.69) is 30.1 Å². The SMILES string of the molecule is CC1(C)[C@H]2CC[C@]1(CN(CCC#N)C(=O)C1=CC=CC(=O)C1)c1nnc(-c3c(F)cccc3F)cc12. The fourth-order valence-electron chi connectivity index (χ4n) is 6.33. The number of hydrogen-bond acceptors (Lipinski definition) is 5. The number of hydrogen-bond donors (Lipinski definition) is 0. The predicted molar refractivity (Wildman–Crippen MR) is 128 cm³/mol. The topological polar surface area (TPSA) is 87.0 Å². The summed E-state index contributed by atoms with van der Waals surface area (Å²) in [6.07, 6.45) is 6.48. The number of aromatic nitrogens is 2. The van der Waals surface area contributed by atoms with Crippen molar-refractivity contribution in [3.05, 3.63) is 71.0 Å². The number of fused-ring (bicyclic) bond motifs is 5. The molecule has 6 nitrogen and oxygen atoms in total. The van der Waals surface area contributed by atoms with Crippen LogP contribution in [0.4, 0.5) is 8.78 Å². The van der Waals surface area contributed by atoms with Crippen molar-refractivity contribution in [3.63, 3.8) is 0 Å². The first kappa shape index (κ1) is 24.0. The largest absolute Gasteiger partial charge is 0.337 e. The van der Waals surface area contributed by atoms with Gasteiger partial charge in [-0.05, 0) is 54.0 Å². The highest BCUT2D eigenvalue weighted by Gasteiger charge is 2.64. The minimum atomic E-state index is -0.695. The van der Waals surface area contributed by atoms with Crippen molar-refractivity contribution in [1.29, 1.82) is 5.26 Å². The lowest BCUT2D eigenvalue weighted by Gasteiger charge is -2.41. The summed E-state index contributed by atoms with van der Waals surface area (Å²) in [5.41, 5.74) is 1.16. The molecule has 2 atom stereocenters. The molecule has 1 heterocycles. The summed E-state index contributed by atoms with van der Waals surface area (Å²) in [4.78, 5) is 27.1. The smallest absolute Gasteiger partial charge is 0.250 e. The van der Waals surface area contributed by atoms with Crippen molar-refractivity contribution < 1.29 is 18.4 Å². The Morgan fingerprint density at radius 1 is 1.25 bits per heavy atom. The molecule has 0 N–H and O–H groups in total. The van der Waals surface area contributed by atoms with Gasteiger partial charge in [-0.1, -0.05) is 32.1 Å². The molecule has 1 saturated carbocycles. The first-order chi connectivity index (χ1) is 17.2. The van der Waals surface area contributed by atoms with Crippen molar-refractivity contribution in [2.24, 2.45) is 5.41 Å². The van der Waals surface area contributed by atoms with E-state index < -0.39 is 17.0 Å². The molecule has 3 aliphatic rings. The van der Waals surface area contributed by atoms with Crippen molar-refractivity contribution >= 4 is 11.7 Å². The quantitative estimate of drug-likeness (QED) is 0.584. The van der Waals surface area contributed by atoms with Gasteiger partial charge in [0.1, 0.15) is 11.6 Å². The minimum absolute atomic E-state index is 0.0331. The van der Waals surface area contributed by atoms with Gasteiger partial charge in [0.2, 0.25) is 5.91 Å². The van der Waals surface area contributed by atoms with Gasteiger partial charge in [-0.2, -0.15) is 15.5 Å². The Bertz CT molecular complexity index is 1350. The summed E-state index contributed by atoms with van der Waals surface area (Å²) in [6.45, 7) is 4.82. The van der Waals surface area contributed by atoms with E-state index in [1.54, 1.807) is 23.1 Å². The van der Waals surface area contributed by atoms with Gasteiger partial charge in [-0.25, -0.2) is 8.78 Å². The zero-order valence-corrected chi connectivity index (χ0v) is 20.2. The third-order valence-electron chi connectivity index (χ3n) is 8.30. The molecule has 3 aliphatic carbocycles. The Labute approximate surface area is 208 Å². The van der Waals surface area contributed by atoms with Gasteiger partial charge < -0.3 is 4.90 Å². The monoisotopic (exact) mass is 488 g/mol. The van der Waals surface area contributed by atoms with Crippen LogP contribution in [0.25, 0.3) is 11.3 Å². The van der Waals surface area contributed by atoms with Gasteiger partial charge in [-0.3, -0.25) is 9.59 Å². The standard InChI is InChI=1S/C28H26F2N4O2/c1-27(2)20-10-11-28(27,16-34(13-5-12-31)26(36)17-6-3-7-18(35)14-17)25-19(20)15-23(32-33-25)24-21(29)8-4-9-22(24)30/h3-4,6-9,15,20H,5,10-11,13-14,16H2,1-2H3/t20-,28-/m0/s1. The van der Waals surface area contributed by atoms with Gasteiger partial charge in [0.25, 0.3) is 0 Å². The highest BCUT2D eigenvalue weighted by atomic mass is 19.1. The van der Waals surface area contributed by atoms with E-state index in [-0.39, 0.29) is 53.7 Å². The molecule has 184 valence electrons. The molecule has 0 radical (unpaired) electrons. The molecule has 1 amide bonds. The minimum Gasteiger partial charge on any atom is -0.337 e. The number of carbonyl (C=O) groups excluding carboxylic acids is 2. The van der Waals surface area contributed by atoms with Gasteiger partial charge in [0.05, 0.1) is 29.4 Å². The fourth-order valence-corrected chi connectivity index (χ4v) is 6.33. The number of rotatable bonds is 6. The second-order valence-corrected chi connectivity index (χ2v) is 10.4. The van der Waals surface area contributed by atoms with Crippen LogP contribution in [0, 0.1) is 28.4 Å². The summed E-state index contributed by atoms with van der Waals surface area (Å²) >= 11 is 0. The third kappa shape index (κ3) is 3.57. The average molecular weight is 489 g/mol. The lowest BCUT2D eigenvalue weighted by molar-refractivity contribution is -0.129. The van der Waals surface area contributed by atoms with Crippen LogP contribution in [0.1, 0.15) is 56.7 Å². The average Bonchev–Trinajstić information content (AvgIpc) is 3.20. The number of nitriles is 1. The lowest BCUT2D eigenvalue weighted by Crippen LogP contribution is -2.49. The molecule has 1 aromatic carbocycles. The number of nitrogens with zero attached hydrogens (tertiary/aromatic N) is 4. The number of allylic oxidation sites excluding steroid dienone is 3. The Balaban J connectivity index is 1.55. The van der Waals surface area contributed by atoms with Crippen LogP contribution in [0.3, 0.4) is 0 Å². The van der Waals surface area contributed by atoms with Crippen molar-refractivity contribution in [2.45, 2.75) is 50.9 Å². The number of carbonyl (C=O) groups is 2. The second-order valence-electron chi connectivity index (χ2n) is 10.4.